The lowest BCUT2D eigenvalue weighted by molar-refractivity contribution is -0.116. The average molecular weight is 183 g/mol. The van der Waals surface area contributed by atoms with Crippen molar-refractivity contribution in [3.63, 3.8) is 0 Å². The number of carbonyl (C=O) groups is 1. The Morgan fingerprint density at radius 1 is 1.54 bits per heavy atom. The van der Waals surface area contributed by atoms with Crippen molar-refractivity contribution in [1.29, 1.82) is 0 Å². The van der Waals surface area contributed by atoms with Gasteiger partial charge in [-0.1, -0.05) is 19.4 Å². The largest absolute Gasteiger partial charge is 0.393 e. The Morgan fingerprint density at radius 3 is 2.85 bits per heavy atom. The molecule has 0 saturated heterocycles. The van der Waals surface area contributed by atoms with Crippen LogP contribution in [0.5, 0.6) is 0 Å². The number of rotatable bonds is 3. The predicted molar refractivity (Wildman–Crippen MR) is 51.2 cm³/mol. The Labute approximate surface area is 78.8 Å². The molecule has 13 heavy (non-hydrogen) atoms. The minimum absolute atomic E-state index is 0.155. The maximum atomic E-state index is 10.9. The smallest absolute Gasteiger partial charge is 0.243 e. The molecule has 1 fully saturated rings. The first-order chi connectivity index (χ1) is 6.24. The standard InChI is InChI=1S/C10H17NO2/c1-2-10(13)11-7-8-5-3-4-6-9(8)12/h2,8-9,12H,1,3-7H2,(H,11,13). The molecule has 3 heteroatoms. The summed E-state index contributed by atoms with van der Waals surface area (Å²) in [6, 6.07) is 0. The van der Waals surface area contributed by atoms with Gasteiger partial charge in [0, 0.05) is 12.5 Å². The summed E-state index contributed by atoms with van der Waals surface area (Å²) in [5, 5.41) is 12.3. The van der Waals surface area contributed by atoms with Gasteiger partial charge in [0.05, 0.1) is 6.10 Å². The molecule has 74 valence electrons. The molecule has 0 bridgehead atoms. The maximum absolute atomic E-state index is 10.9. The Hall–Kier alpha value is -0.830. The van der Waals surface area contributed by atoms with Crippen molar-refractivity contribution < 1.29 is 9.90 Å². The van der Waals surface area contributed by atoms with Crippen LogP contribution in [0.2, 0.25) is 0 Å². The molecule has 2 unspecified atom stereocenters. The van der Waals surface area contributed by atoms with Gasteiger partial charge < -0.3 is 10.4 Å². The summed E-state index contributed by atoms with van der Waals surface area (Å²) >= 11 is 0. The lowest BCUT2D eigenvalue weighted by atomic mass is 9.86. The van der Waals surface area contributed by atoms with Crippen LogP contribution in [-0.4, -0.2) is 23.7 Å². The number of amides is 1. The van der Waals surface area contributed by atoms with E-state index in [9.17, 15) is 9.90 Å². The molecule has 1 saturated carbocycles. The monoisotopic (exact) mass is 183 g/mol. The van der Waals surface area contributed by atoms with E-state index in [1.165, 1.54) is 6.08 Å². The van der Waals surface area contributed by atoms with Crippen LogP contribution in [0.15, 0.2) is 12.7 Å². The highest BCUT2D eigenvalue weighted by Gasteiger charge is 2.22. The second-order valence-electron chi connectivity index (χ2n) is 3.56. The van der Waals surface area contributed by atoms with Gasteiger partial charge in [-0.3, -0.25) is 4.79 Å². The van der Waals surface area contributed by atoms with E-state index < -0.39 is 0 Å². The molecule has 1 aliphatic carbocycles. The van der Waals surface area contributed by atoms with Gasteiger partial charge in [0.15, 0.2) is 0 Å². The highest BCUT2D eigenvalue weighted by atomic mass is 16.3. The Morgan fingerprint density at radius 2 is 2.23 bits per heavy atom. The van der Waals surface area contributed by atoms with E-state index in [0.717, 1.165) is 25.7 Å². The first-order valence-electron chi connectivity index (χ1n) is 4.82. The van der Waals surface area contributed by atoms with Gasteiger partial charge in [-0.25, -0.2) is 0 Å². The van der Waals surface area contributed by atoms with Crippen LogP contribution >= 0.6 is 0 Å². The molecule has 2 N–H and O–H groups in total. The Bertz CT molecular complexity index is 191. The van der Waals surface area contributed by atoms with Crippen molar-refractivity contribution in [2.45, 2.75) is 31.8 Å². The zero-order chi connectivity index (χ0) is 9.68. The van der Waals surface area contributed by atoms with Crippen molar-refractivity contribution in [2.24, 2.45) is 5.92 Å². The molecule has 1 aliphatic rings. The molecule has 3 nitrogen and oxygen atoms in total. The van der Waals surface area contributed by atoms with Crippen molar-refractivity contribution in [3.8, 4) is 0 Å². The fourth-order valence-electron chi connectivity index (χ4n) is 1.73. The first-order valence-corrected chi connectivity index (χ1v) is 4.82. The first kappa shape index (κ1) is 10.3. The van der Waals surface area contributed by atoms with Crippen LogP contribution in [0.1, 0.15) is 25.7 Å². The second kappa shape index (κ2) is 5.02. The number of carbonyl (C=O) groups excluding carboxylic acids is 1. The number of nitrogens with one attached hydrogen (secondary N) is 1. The molecule has 0 aromatic rings. The molecule has 1 amide bonds. The van der Waals surface area contributed by atoms with Crippen molar-refractivity contribution in [3.05, 3.63) is 12.7 Å². The summed E-state index contributed by atoms with van der Waals surface area (Å²) < 4.78 is 0. The second-order valence-corrected chi connectivity index (χ2v) is 3.56. The minimum Gasteiger partial charge on any atom is -0.393 e. The highest BCUT2D eigenvalue weighted by molar-refractivity contribution is 5.86. The van der Waals surface area contributed by atoms with Gasteiger partial charge in [0.1, 0.15) is 0 Å². The summed E-state index contributed by atoms with van der Waals surface area (Å²) in [6.45, 7) is 3.94. The fourth-order valence-corrected chi connectivity index (χ4v) is 1.73. The summed E-state index contributed by atoms with van der Waals surface area (Å²) in [5.74, 6) is 0.0791. The van der Waals surface area contributed by atoms with Gasteiger partial charge in [-0.15, -0.1) is 0 Å². The molecule has 0 aromatic heterocycles. The normalized spacial score (nSPS) is 28.1. The molecular weight excluding hydrogens is 166 g/mol. The van der Waals surface area contributed by atoms with E-state index in [-0.39, 0.29) is 17.9 Å². The fraction of sp³-hybridized carbons (Fsp3) is 0.700. The zero-order valence-electron chi connectivity index (χ0n) is 7.83. The van der Waals surface area contributed by atoms with Crippen LogP contribution < -0.4 is 5.32 Å². The SMILES string of the molecule is C=CC(=O)NCC1CCCCC1O. The lowest BCUT2D eigenvalue weighted by Crippen LogP contribution is -2.35. The van der Waals surface area contributed by atoms with Gasteiger partial charge >= 0.3 is 0 Å². The summed E-state index contributed by atoms with van der Waals surface area (Å²) in [4.78, 5) is 10.9. The molecule has 1 rings (SSSR count). The number of aliphatic hydroxyl groups is 1. The average Bonchev–Trinajstić information content (AvgIpc) is 2.16. The van der Waals surface area contributed by atoms with E-state index in [1.807, 2.05) is 0 Å². The van der Waals surface area contributed by atoms with E-state index in [0.29, 0.717) is 6.54 Å². The quantitative estimate of drug-likeness (QED) is 0.637. The third-order valence-electron chi connectivity index (χ3n) is 2.59. The van der Waals surface area contributed by atoms with Gasteiger partial charge in [0.2, 0.25) is 5.91 Å². The van der Waals surface area contributed by atoms with E-state index in [1.54, 1.807) is 0 Å². The molecule has 0 spiro atoms. The van der Waals surface area contributed by atoms with Crippen molar-refractivity contribution in [1.82, 2.24) is 5.32 Å². The van der Waals surface area contributed by atoms with Crippen LogP contribution in [0.4, 0.5) is 0 Å². The number of hydrogen-bond donors (Lipinski definition) is 2. The van der Waals surface area contributed by atoms with Crippen molar-refractivity contribution >= 4 is 5.91 Å². The number of hydrogen-bond acceptors (Lipinski definition) is 2. The van der Waals surface area contributed by atoms with E-state index in [4.69, 9.17) is 0 Å². The zero-order valence-corrected chi connectivity index (χ0v) is 7.83. The number of aliphatic hydroxyl groups excluding tert-OH is 1. The van der Waals surface area contributed by atoms with Gasteiger partial charge in [-0.05, 0) is 18.9 Å². The molecule has 0 aliphatic heterocycles. The minimum atomic E-state index is -0.237. The summed E-state index contributed by atoms with van der Waals surface area (Å²) in [7, 11) is 0. The predicted octanol–water partition coefficient (Wildman–Crippen LogP) is 0.840. The Balaban J connectivity index is 2.26. The summed E-state index contributed by atoms with van der Waals surface area (Å²) in [5.41, 5.74) is 0. The topological polar surface area (TPSA) is 49.3 Å². The maximum Gasteiger partial charge on any atom is 0.243 e. The molecule has 2 atom stereocenters. The van der Waals surface area contributed by atoms with Crippen LogP contribution in [-0.2, 0) is 4.79 Å². The lowest BCUT2D eigenvalue weighted by Gasteiger charge is -2.27. The van der Waals surface area contributed by atoms with Gasteiger partial charge in [-0.2, -0.15) is 0 Å². The van der Waals surface area contributed by atoms with Crippen LogP contribution in [0.3, 0.4) is 0 Å². The highest BCUT2D eigenvalue weighted by Crippen LogP contribution is 2.23. The molecular formula is C10H17NO2. The van der Waals surface area contributed by atoms with Crippen LogP contribution in [0.25, 0.3) is 0 Å². The van der Waals surface area contributed by atoms with Gasteiger partial charge in [0.25, 0.3) is 0 Å². The van der Waals surface area contributed by atoms with E-state index in [2.05, 4.69) is 11.9 Å². The molecule has 0 heterocycles. The summed E-state index contributed by atoms with van der Waals surface area (Å²) in [6.07, 6.45) is 5.17. The third kappa shape index (κ3) is 3.19. The molecule has 0 aromatic carbocycles. The van der Waals surface area contributed by atoms with E-state index >= 15 is 0 Å². The molecule has 0 radical (unpaired) electrons. The van der Waals surface area contributed by atoms with Crippen LogP contribution in [0, 0.1) is 5.92 Å². The van der Waals surface area contributed by atoms with Crippen molar-refractivity contribution in [2.75, 3.05) is 6.54 Å². The Kier molecular flexibility index (Phi) is 3.96. The third-order valence-corrected chi connectivity index (χ3v) is 2.59.